The number of benzene rings is 1. The highest BCUT2D eigenvalue weighted by atomic mass is 19.1. The number of hydrogen-bond acceptors (Lipinski definition) is 3. The summed E-state index contributed by atoms with van der Waals surface area (Å²) < 4.78 is 15.4. The van der Waals surface area contributed by atoms with Crippen LogP contribution in [0, 0.1) is 12.7 Å². The van der Waals surface area contributed by atoms with E-state index in [1.807, 2.05) is 6.92 Å². The van der Waals surface area contributed by atoms with Gasteiger partial charge in [-0.1, -0.05) is 19.1 Å². The number of nitrogens with zero attached hydrogens (tertiary/aromatic N) is 2. The predicted octanol–water partition coefficient (Wildman–Crippen LogP) is 2.57. The van der Waals surface area contributed by atoms with Gasteiger partial charge in [0.2, 0.25) is 5.43 Å². The van der Waals surface area contributed by atoms with E-state index in [-0.39, 0.29) is 11.2 Å². The van der Waals surface area contributed by atoms with Gasteiger partial charge in [-0.05, 0) is 32.4 Å². The Bertz CT molecular complexity index is 681. The second kappa shape index (κ2) is 6.63. The first-order valence-electron chi connectivity index (χ1n) is 7.11. The van der Waals surface area contributed by atoms with E-state index in [4.69, 9.17) is 0 Å². The molecule has 1 N–H and O–H groups in total. The van der Waals surface area contributed by atoms with Gasteiger partial charge in [0.05, 0.1) is 0 Å². The first-order chi connectivity index (χ1) is 10.0. The van der Waals surface area contributed by atoms with Crippen molar-refractivity contribution < 1.29 is 4.39 Å². The first-order valence-corrected chi connectivity index (χ1v) is 7.11. The number of aromatic nitrogens is 2. The lowest BCUT2D eigenvalue weighted by molar-refractivity contribution is 0.520. The Morgan fingerprint density at radius 1 is 1.38 bits per heavy atom. The third kappa shape index (κ3) is 3.55. The quantitative estimate of drug-likeness (QED) is 0.920. The van der Waals surface area contributed by atoms with E-state index >= 15 is 0 Å². The molecule has 21 heavy (non-hydrogen) atoms. The fourth-order valence-electron chi connectivity index (χ4n) is 1.99. The van der Waals surface area contributed by atoms with Crippen LogP contribution < -0.4 is 10.7 Å². The van der Waals surface area contributed by atoms with Gasteiger partial charge in [-0.2, -0.15) is 5.10 Å². The van der Waals surface area contributed by atoms with E-state index in [2.05, 4.69) is 17.3 Å². The summed E-state index contributed by atoms with van der Waals surface area (Å²) in [7, 11) is 0. The van der Waals surface area contributed by atoms with Crippen molar-refractivity contribution in [3.63, 3.8) is 0 Å². The van der Waals surface area contributed by atoms with Gasteiger partial charge in [0.25, 0.3) is 0 Å². The summed E-state index contributed by atoms with van der Waals surface area (Å²) >= 11 is 0. The normalized spacial score (nSPS) is 12.4. The second-order valence-electron chi connectivity index (χ2n) is 5.15. The fourth-order valence-corrected chi connectivity index (χ4v) is 1.99. The molecule has 1 unspecified atom stereocenters. The molecule has 0 amide bonds. The van der Waals surface area contributed by atoms with Crippen molar-refractivity contribution in [2.75, 3.05) is 0 Å². The van der Waals surface area contributed by atoms with Crippen molar-refractivity contribution >= 4 is 0 Å². The zero-order chi connectivity index (χ0) is 15.4. The zero-order valence-corrected chi connectivity index (χ0v) is 12.6. The summed E-state index contributed by atoms with van der Waals surface area (Å²) in [5.41, 5.74) is 1.22. The fraction of sp³-hybridized carbons (Fsp3) is 0.375. The van der Waals surface area contributed by atoms with Crippen LogP contribution in [-0.2, 0) is 6.54 Å². The predicted molar refractivity (Wildman–Crippen MR) is 81.1 cm³/mol. The van der Waals surface area contributed by atoms with Crippen LogP contribution in [0.4, 0.5) is 4.39 Å². The van der Waals surface area contributed by atoms with Crippen molar-refractivity contribution in [2.24, 2.45) is 0 Å². The Morgan fingerprint density at radius 3 is 2.76 bits per heavy atom. The lowest BCUT2D eigenvalue weighted by atomic mass is 10.2. The van der Waals surface area contributed by atoms with Crippen LogP contribution in [0.1, 0.15) is 31.7 Å². The third-order valence-corrected chi connectivity index (χ3v) is 3.49. The molecular weight excluding hydrogens is 269 g/mol. The molecule has 2 rings (SSSR count). The Hall–Kier alpha value is -2.01. The molecule has 0 saturated heterocycles. The molecule has 4 nitrogen and oxygen atoms in total. The Morgan fingerprint density at radius 2 is 2.10 bits per heavy atom. The average molecular weight is 289 g/mol. The maximum atomic E-state index is 13.9. The minimum absolute atomic E-state index is 0.129. The van der Waals surface area contributed by atoms with Crippen LogP contribution in [0.25, 0.3) is 5.69 Å². The van der Waals surface area contributed by atoms with Crippen LogP contribution in [0.15, 0.2) is 35.1 Å². The van der Waals surface area contributed by atoms with Crippen molar-refractivity contribution in [1.29, 1.82) is 0 Å². The SMILES string of the molecule is CCC(C)NCc1nn(-c2ccccc2F)c(C)cc1=O. The van der Waals surface area contributed by atoms with Crippen molar-refractivity contribution in [3.05, 3.63) is 57.8 Å². The molecule has 0 aliphatic carbocycles. The second-order valence-corrected chi connectivity index (χ2v) is 5.15. The van der Waals surface area contributed by atoms with Crippen molar-refractivity contribution in [1.82, 2.24) is 15.1 Å². The molecule has 1 heterocycles. The van der Waals surface area contributed by atoms with E-state index < -0.39 is 0 Å². The maximum Gasteiger partial charge on any atom is 0.204 e. The van der Waals surface area contributed by atoms with Gasteiger partial charge in [-0.15, -0.1) is 0 Å². The molecule has 1 aromatic heterocycles. The molecule has 0 aliphatic heterocycles. The van der Waals surface area contributed by atoms with Gasteiger partial charge >= 0.3 is 0 Å². The molecule has 0 bridgehead atoms. The topological polar surface area (TPSA) is 46.9 Å². The monoisotopic (exact) mass is 289 g/mol. The molecule has 112 valence electrons. The molecule has 0 aliphatic rings. The number of para-hydroxylation sites is 1. The van der Waals surface area contributed by atoms with Crippen molar-refractivity contribution in [2.45, 2.75) is 39.8 Å². The molecule has 2 aromatic rings. The Kier molecular flexibility index (Phi) is 4.85. The van der Waals surface area contributed by atoms with Gasteiger partial charge in [0.15, 0.2) is 0 Å². The molecule has 1 atom stereocenters. The minimum atomic E-state index is -0.363. The molecule has 0 saturated carbocycles. The molecule has 0 fully saturated rings. The van der Waals surface area contributed by atoms with E-state index in [0.29, 0.717) is 29.7 Å². The highest BCUT2D eigenvalue weighted by molar-refractivity contribution is 5.34. The average Bonchev–Trinajstić information content (AvgIpc) is 2.47. The van der Waals surface area contributed by atoms with E-state index in [9.17, 15) is 9.18 Å². The highest BCUT2D eigenvalue weighted by Crippen LogP contribution is 2.13. The lowest BCUT2D eigenvalue weighted by Crippen LogP contribution is -2.29. The molecule has 1 aromatic carbocycles. The Labute approximate surface area is 123 Å². The van der Waals surface area contributed by atoms with E-state index in [1.165, 1.54) is 16.8 Å². The summed E-state index contributed by atoms with van der Waals surface area (Å²) in [5.74, 6) is -0.363. The number of halogens is 1. The number of nitrogens with one attached hydrogen (secondary N) is 1. The van der Waals surface area contributed by atoms with Gasteiger partial charge in [0.1, 0.15) is 17.2 Å². The molecule has 0 radical (unpaired) electrons. The van der Waals surface area contributed by atoms with Gasteiger partial charge < -0.3 is 5.32 Å². The summed E-state index contributed by atoms with van der Waals surface area (Å²) in [5, 5.41) is 7.54. The van der Waals surface area contributed by atoms with Gasteiger partial charge in [0, 0.05) is 24.3 Å². The summed E-state index contributed by atoms with van der Waals surface area (Å²) in [4.78, 5) is 12.0. The lowest BCUT2D eigenvalue weighted by Gasteiger charge is -2.14. The largest absolute Gasteiger partial charge is 0.308 e. The van der Waals surface area contributed by atoms with Crippen molar-refractivity contribution in [3.8, 4) is 5.69 Å². The number of hydrogen-bond donors (Lipinski definition) is 1. The summed E-state index contributed by atoms with van der Waals surface area (Å²) in [6.45, 7) is 6.23. The van der Waals surface area contributed by atoms with Crippen LogP contribution >= 0.6 is 0 Å². The van der Waals surface area contributed by atoms with Gasteiger partial charge in [-0.25, -0.2) is 9.07 Å². The first kappa shape index (κ1) is 15.4. The number of aryl methyl sites for hydroxylation is 1. The molecule has 0 spiro atoms. The van der Waals surface area contributed by atoms with Crippen LogP contribution in [0.5, 0.6) is 0 Å². The maximum absolute atomic E-state index is 13.9. The smallest absolute Gasteiger partial charge is 0.204 e. The van der Waals surface area contributed by atoms with Gasteiger partial charge in [-0.3, -0.25) is 4.79 Å². The summed E-state index contributed by atoms with van der Waals surface area (Å²) in [6, 6.07) is 8.19. The summed E-state index contributed by atoms with van der Waals surface area (Å²) in [6.07, 6.45) is 0.966. The molecular formula is C16H20FN3O. The van der Waals surface area contributed by atoms with Crippen LogP contribution in [-0.4, -0.2) is 15.8 Å². The van der Waals surface area contributed by atoms with E-state index in [1.54, 1.807) is 25.1 Å². The number of rotatable bonds is 5. The highest BCUT2D eigenvalue weighted by Gasteiger charge is 2.11. The standard InChI is InChI=1S/C16H20FN3O/c1-4-11(2)18-10-14-16(21)9-12(3)20(19-14)15-8-6-5-7-13(15)17/h5-9,11,18H,4,10H2,1-3H3. The van der Waals surface area contributed by atoms with E-state index in [0.717, 1.165) is 6.42 Å². The third-order valence-electron chi connectivity index (χ3n) is 3.49. The van der Waals surface area contributed by atoms with Crippen LogP contribution in [0.3, 0.4) is 0 Å². The molecule has 5 heteroatoms. The zero-order valence-electron chi connectivity index (χ0n) is 12.6. The Balaban J connectivity index is 2.39. The minimum Gasteiger partial charge on any atom is -0.308 e. The van der Waals surface area contributed by atoms with Crippen LogP contribution in [0.2, 0.25) is 0 Å².